The van der Waals surface area contributed by atoms with E-state index >= 15 is 0 Å². The summed E-state index contributed by atoms with van der Waals surface area (Å²) in [5.41, 5.74) is 6.22. The zero-order chi connectivity index (χ0) is 17.3. The summed E-state index contributed by atoms with van der Waals surface area (Å²) in [6.45, 7) is 1.69. The normalized spacial score (nSPS) is 18.3. The lowest BCUT2D eigenvalue weighted by molar-refractivity contribution is -0.123. The number of nitrogens with two attached hydrogens (primary N) is 1. The first-order valence-electron chi connectivity index (χ1n) is 7.30. The van der Waals surface area contributed by atoms with Crippen LogP contribution in [0.5, 0.6) is 0 Å². The third kappa shape index (κ3) is 2.78. The number of carbonyl (C=O) groups excluding carboxylic acids is 2. The van der Waals surface area contributed by atoms with Gasteiger partial charge in [0, 0.05) is 23.5 Å². The number of primary amides is 1. The van der Waals surface area contributed by atoms with Crippen molar-refractivity contribution < 1.29 is 18.7 Å². The van der Waals surface area contributed by atoms with Crippen LogP contribution in [0.15, 0.2) is 36.9 Å². The highest BCUT2D eigenvalue weighted by molar-refractivity contribution is 5.95. The fourth-order valence-electron chi connectivity index (χ4n) is 2.58. The van der Waals surface area contributed by atoms with Gasteiger partial charge in [-0.15, -0.1) is 0 Å². The van der Waals surface area contributed by atoms with E-state index in [0.717, 1.165) is 0 Å². The smallest absolute Gasteiger partial charge is 0.414 e. The number of aromatic nitrogens is 2. The predicted molar refractivity (Wildman–Crippen MR) is 83.4 cm³/mol. The Morgan fingerprint density at radius 1 is 1.42 bits per heavy atom. The second-order valence-electron chi connectivity index (χ2n) is 5.48. The summed E-state index contributed by atoms with van der Waals surface area (Å²) < 4.78 is 19.6. The summed E-state index contributed by atoms with van der Waals surface area (Å²) in [5, 5.41) is 0. The molecular weight excluding hydrogens is 315 g/mol. The molecule has 24 heavy (non-hydrogen) atoms. The Kier molecular flexibility index (Phi) is 4.11. The van der Waals surface area contributed by atoms with Crippen molar-refractivity contribution in [3.05, 3.63) is 42.7 Å². The number of rotatable bonds is 4. The van der Waals surface area contributed by atoms with Crippen LogP contribution in [0.3, 0.4) is 0 Å². The first kappa shape index (κ1) is 15.9. The molecule has 1 aromatic heterocycles. The Hall–Kier alpha value is -3.03. The van der Waals surface area contributed by atoms with Gasteiger partial charge in [-0.1, -0.05) is 6.07 Å². The van der Waals surface area contributed by atoms with E-state index in [1.54, 1.807) is 13.0 Å². The molecule has 2 N–H and O–H groups in total. The van der Waals surface area contributed by atoms with E-state index < -0.39 is 29.8 Å². The zero-order valence-electron chi connectivity index (χ0n) is 12.8. The fourth-order valence-corrected chi connectivity index (χ4v) is 2.58. The molecule has 0 saturated carbocycles. The van der Waals surface area contributed by atoms with Crippen LogP contribution >= 0.6 is 0 Å². The van der Waals surface area contributed by atoms with E-state index in [-0.39, 0.29) is 12.1 Å². The molecule has 0 spiro atoms. The Labute approximate surface area is 137 Å². The molecule has 0 bridgehead atoms. The van der Waals surface area contributed by atoms with Crippen LogP contribution in [-0.4, -0.2) is 34.6 Å². The number of cyclic esters (lactones) is 1. The largest absolute Gasteiger partial charge is 0.443 e. The Balaban J connectivity index is 2.00. The number of benzene rings is 1. The van der Waals surface area contributed by atoms with Crippen LogP contribution in [0.4, 0.5) is 14.9 Å². The van der Waals surface area contributed by atoms with Gasteiger partial charge in [-0.2, -0.15) is 0 Å². The highest BCUT2D eigenvalue weighted by atomic mass is 19.1. The van der Waals surface area contributed by atoms with Crippen molar-refractivity contribution in [1.29, 1.82) is 0 Å². The zero-order valence-corrected chi connectivity index (χ0v) is 12.8. The van der Waals surface area contributed by atoms with E-state index in [1.165, 1.54) is 35.8 Å². The van der Waals surface area contributed by atoms with Crippen molar-refractivity contribution in [3.8, 4) is 11.1 Å². The fraction of sp³-hybridized carbons (Fsp3) is 0.250. The maximum absolute atomic E-state index is 14.4. The molecule has 1 saturated heterocycles. The molecule has 3 rings (SSSR count). The van der Waals surface area contributed by atoms with Crippen LogP contribution in [-0.2, 0) is 9.53 Å². The standard InChI is InChI=1S/C16H15FN4O3/c1-9(15(18)22)13-7-21(16(23)24-13)12-4-2-3-11(17)14(12)10-5-19-8-20-6-10/h2-6,8-9,13H,7H2,1H3,(H2,18,22). The second kappa shape index (κ2) is 6.23. The van der Waals surface area contributed by atoms with Crippen molar-refractivity contribution in [1.82, 2.24) is 9.97 Å². The molecule has 0 radical (unpaired) electrons. The molecule has 1 aromatic carbocycles. The summed E-state index contributed by atoms with van der Waals surface area (Å²) in [7, 11) is 0. The summed E-state index contributed by atoms with van der Waals surface area (Å²) in [6, 6.07) is 4.39. The molecule has 8 heteroatoms. The molecule has 124 valence electrons. The lowest BCUT2D eigenvalue weighted by Gasteiger charge is -2.18. The van der Waals surface area contributed by atoms with Gasteiger partial charge in [-0.3, -0.25) is 9.69 Å². The second-order valence-corrected chi connectivity index (χ2v) is 5.48. The van der Waals surface area contributed by atoms with E-state index in [0.29, 0.717) is 11.3 Å². The molecule has 1 aliphatic heterocycles. The van der Waals surface area contributed by atoms with Gasteiger partial charge >= 0.3 is 6.09 Å². The number of amides is 2. The quantitative estimate of drug-likeness (QED) is 0.920. The SMILES string of the molecule is CC(C(N)=O)C1CN(c2cccc(F)c2-c2cncnc2)C(=O)O1. The minimum Gasteiger partial charge on any atom is -0.443 e. The highest BCUT2D eigenvalue weighted by Crippen LogP contribution is 2.35. The maximum atomic E-state index is 14.4. The van der Waals surface area contributed by atoms with Crippen molar-refractivity contribution in [3.63, 3.8) is 0 Å². The molecular formula is C16H15FN4O3. The first-order chi connectivity index (χ1) is 11.5. The average molecular weight is 330 g/mol. The van der Waals surface area contributed by atoms with Gasteiger partial charge < -0.3 is 10.5 Å². The highest BCUT2D eigenvalue weighted by Gasteiger charge is 2.38. The van der Waals surface area contributed by atoms with Crippen LogP contribution in [0.2, 0.25) is 0 Å². The summed E-state index contributed by atoms with van der Waals surface area (Å²) in [6.07, 6.45) is 2.91. The molecule has 7 nitrogen and oxygen atoms in total. The molecule has 1 fully saturated rings. The van der Waals surface area contributed by atoms with Crippen LogP contribution in [0.1, 0.15) is 6.92 Å². The lowest BCUT2D eigenvalue weighted by Crippen LogP contribution is -2.34. The van der Waals surface area contributed by atoms with Crippen molar-refractivity contribution in [2.45, 2.75) is 13.0 Å². The molecule has 2 atom stereocenters. The van der Waals surface area contributed by atoms with Crippen molar-refractivity contribution in [2.24, 2.45) is 11.7 Å². The van der Waals surface area contributed by atoms with E-state index in [2.05, 4.69) is 9.97 Å². The van der Waals surface area contributed by atoms with Gasteiger partial charge in [0.05, 0.1) is 18.2 Å². The van der Waals surface area contributed by atoms with Crippen LogP contribution < -0.4 is 10.6 Å². The molecule has 2 heterocycles. The van der Waals surface area contributed by atoms with Crippen molar-refractivity contribution >= 4 is 17.7 Å². The van der Waals surface area contributed by atoms with Gasteiger partial charge in [0.15, 0.2) is 0 Å². The van der Waals surface area contributed by atoms with E-state index in [4.69, 9.17) is 10.5 Å². The summed E-state index contributed by atoms with van der Waals surface area (Å²) in [4.78, 5) is 32.6. The number of anilines is 1. The number of hydrogen-bond donors (Lipinski definition) is 1. The molecule has 0 aliphatic carbocycles. The molecule has 2 amide bonds. The maximum Gasteiger partial charge on any atom is 0.414 e. The summed E-state index contributed by atoms with van der Waals surface area (Å²) in [5.74, 6) is -1.72. The summed E-state index contributed by atoms with van der Waals surface area (Å²) >= 11 is 0. The number of ether oxygens (including phenoxy) is 1. The molecule has 1 aliphatic rings. The third-order valence-electron chi connectivity index (χ3n) is 3.97. The van der Waals surface area contributed by atoms with Gasteiger partial charge in [0.2, 0.25) is 5.91 Å². The number of halogens is 1. The van der Waals surface area contributed by atoms with E-state index in [1.807, 2.05) is 0 Å². The molecule has 2 unspecified atom stereocenters. The predicted octanol–water partition coefficient (Wildman–Crippen LogP) is 1.73. The average Bonchev–Trinajstić information content (AvgIpc) is 2.96. The minimum absolute atomic E-state index is 0.104. The van der Waals surface area contributed by atoms with Gasteiger partial charge in [0.1, 0.15) is 18.2 Å². The third-order valence-corrected chi connectivity index (χ3v) is 3.97. The first-order valence-corrected chi connectivity index (χ1v) is 7.30. The molecule has 2 aromatic rings. The monoisotopic (exact) mass is 330 g/mol. The van der Waals surface area contributed by atoms with Crippen molar-refractivity contribution in [2.75, 3.05) is 11.4 Å². The number of nitrogens with zero attached hydrogens (tertiary/aromatic N) is 3. The number of hydrogen-bond acceptors (Lipinski definition) is 5. The Bertz CT molecular complexity index is 784. The Morgan fingerprint density at radius 3 is 2.79 bits per heavy atom. The topological polar surface area (TPSA) is 98.4 Å². The van der Waals surface area contributed by atoms with Crippen LogP contribution in [0.25, 0.3) is 11.1 Å². The van der Waals surface area contributed by atoms with Crippen LogP contribution in [0, 0.1) is 11.7 Å². The van der Waals surface area contributed by atoms with Gasteiger partial charge in [0.25, 0.3) is 0 Å². The van der Waals surface area contributed by atoms with Gasteiger partial charge in [-0.05, 0) is 19.1 Å². The minimum atomic E-state index is -0.682. The number of carbonyl (C=O) groups is 2. The van der Waals surface area contributed by atoms with E-state index in [9.17, 15) is 14.0 Å². The lowest BCUT2D eigenvalue weighted by atomic mass is 10.0. The van der Waals surface area contributed by atoms with Gasteiger partial charge in [-0.25, -0.2) is 19.2 Å². The Morgan fingerprint density at radius 2 is 2.12 bits per heavy atom.